The van der Waals surface area contributed by atoms with Crippen molar-refractivity contribution < 1.29 is 4.74 Å². The molecule has 0 spiro atoms. The van der Waals surface area contributed by atoms with Crippen molar-refractivity contribution in [3.05, 3.63) is 17.7 Å². The Kier molecular flexibility index (Phi) is 3.07. The first-order valence-electron chi connectivity index (χ1n) is 3.61. The topological polar surface area (TPSA) is 63.9 Å². The van der Waals surface area contributed by atoms with Crippen LogP contribution in [0, 0.1) is 6.92 Å². The SMILES string of the molecule is Cc1[nH]cnc1COCCN. The Balaban J connectivity index is 2.32. The molecule has 0 aliphatic carbocycles. The van der Waals surface area contributed by atoms with Crippen molar-refractivity contribution in [1.29, 1.82) is 0 Å². The maximum Gasteiger partial charge on any atom is 0.0926 e. The van der Waals surface area contributed by atoms with E-state index in [0.717, 1.165) is 11.4 Å². The fourth-order valence-electron chi connectivity index (χ4n) is 0.785. The second-order valence-corrected chi connectivity index (χ2v) is 2.32. The zero-order valence-electron chi connectivity index (χ0n) is 6.63. The van der Waals surface area contributed by atoms with Crippen LogP contribution in [-0.2, 0) is 11.3 Å². The second kappa shape index (κ2) is 4.10. The number of aromatic nitrogens is 2. The predicted molar refractivity (Wildman–Crippen MR) is 42.0 cm³/mol. The summed E-state index contributed by atoms with van der Waals surface area (Å²) in [5, 5.41) is 0. The van der Waals surface area contributed by atoms with Crippen LogP contribution in [0.2, 0.25) is 0 Å². The maximum absolute atomic E-state index is 5.25. The molecule has 11 heavy (non-hydrogen) atoms. The van der Waals surface area contributed by atoms with Crippen LogP contribution < -0.4 is 5.73 Å². The van der Waals surface area contributed by atoms with E-state index < -0.39 is 0 Å². The normalized spacial score (nSPS) is 10.4. The van der Waals surface area contributed by atoms with E-state index in [1.165, 1.54) is 0 Å². The molecule has 4 heteroatoms. The Morgan fingerprint density at radius 1 is 1.73 bits per heavy atom. The lowest BCUT2D eigenvalue weighted by Gasteiger charge is -1.99. The smallest absolute Gasteiger partial charge is 0.0926 e. The first-order chi connectivity index (χ1) is 5.34. The van der Waals surface area contributed by atoms with E-state index >= 15 is 0 Å². The second-order valence-electron chi connectivity index (χ2n) is 2.32. The molecule has 4 nitrogen and oxygen atoms in total. The van der Waals surface area contributed by atoms with Crippen molar-refractivity contribution in [2.45, 2.75) is 13.5 Å². The number of nitrogens with one attached hydrogen (secondary N) is 1. The van der Waals surface area contributed by atoms with Crippen molar-refractivity contribution in [2.75, 3.05) is 13.2 Å². The van der Waals surface area contributed by atoms with Gasteiger partial charge in [-0.25, -0.2) is 4.98 Å². The summed E-state index contributed by atoms with van der Waals surface area (Å²) in [4.78, 5) is 7.04. The molecule has 62 valence electrons. The van der Waals surface area contributed by atoms with Gasteiger partial charge in [0.15, 0.2) is 0 Å². The monoisotopic (exact) mass is 155 g/mol. The van der Waals surface area contributed by atoms with Crippen LogP contribution in [0.25, 0.3) is 0 Å². The van der Waals surface area contributed by atoms with Gasteiger partial charge in [0, 0.05) is 12.2 Å². The molecule has 0 aliphatic rings. The quantitative estimate of drug-likeness (QED) is 0.610. The van der Waals surface area contributed by atoms with Gasteiger partial charge < -0.3 is 15.5 Å². The van der Waals surface area contributed by atoms with Gasteiger partial charge in [-0.2, -0.15) is 0 Å². The van der Waals surface area contributed by atoms with Crippen LogP contribution in [0.1, 0.15) is 11.4 Å². The molecule has 0 amide bonds. The summed E-state index contributed by atoms with van der Waals surface area (Å²) >= 11 is 0. The zero-order chi connectivity index (χ0) is 8.10. The number of rotatable bonds is 4. The number of imidazole rings is 1. The highest BCUT2D eigenvalue weighted by molar-refractivity contribution is 5.06. The average Bonchev–Trinajstić information content (AvgIpc) is 2.37. The Morgan fingerprint density at radius 2 is 2.55 bits per heavy atom. The molecule has 0 aromatic carbocycles. The van der Waals surface area contributed by atoms with Gasteiger partial charge >= 0.3 is 0 Å². The first-order valence-corrected chi connectivity index (χ1v) is 3.61. The van der Waals surface area contributed by atoms with Gasteiger partial charge in [0.1, 0.15) is 0 Å². The lowest BCUT2D eigenvalue weighted by Crippen LogP contribution is -2.08. The summed E-state index contributed by atoms with van der Waals surface area (Å²) in [6.45, 7) is 3.66. The molecule has 0 saturated carbocycles. The van der Waals surface area contributed by atoms with Gasteiger partial charge in [-0.15, -0.1) is 0 Å². The van der Waals surface area contributed by atoms with Gasteiger partial charge in [0.2, 0.25) is 0 Å². The number of hydrogen-bond acceptors (Lipinski definition) is 3. The molecule has 1 aromatic heterocycles. The van der Waals surface area contributed by atoms with Gasteiger partial charge in [-0.3, -0.25) is 0 Å². The van der Waals surface area contributed by atoms with E-state index in [1.807, 2.05) is 6.92 Å². The number of H-pyrrole nitrogens is 1. The van der Waals surface area contributed by atoms with Gasteiger partial charge in [-0.05, 0) is 6.92 Å². The lowest BCUT2D eigenvalue weighted by molar-refractivity contribution is 0.125. The van der Waals surface area contributed by atoms with Crippen molar-refractivity contribution >= 4 is 0 Å². The van der Waals surface area contributed by atoms with Crippen LogP contribution >= 0.6 is 0 Å². The molecule has 1 aromatic rings. The Hall–Kier alpha value is -0.870. The fourth-order valence-corrected chi connectivity index (χ4v) is 0.785. The number of aromatic amines is 1. The van der Waals surface area contributed by atoms with Crippen LogP contribution in [0.4, 0.5) is 0 Å². The van der Waals surface area contributed by atoms with Gasteiger partial charge in [-0.1, -0.05) is 0 Å². The minimum Gasteiger partial charge on any atom is -0.374 e. The molecule has 0 aliphatic heterocycles. The predicted octanol–water partition coefficient (Wildman–Crippen LogP) is 0.193. The molecule has 0 atom stereocenters. The van der Waals surface area contributed by atoms with Crippen LogP contribution in [0.5, 0.6) is 0 Å². The van der Waals surface area contributed by atoms with Crippen molar-refractivity contribution in [3.63, 3.8) is 0 Å². The van der Waals surface area contributed by atoms with Gasteiger partial charge in [0.25, 0.3) is 0 Å². The van der Waals surface area contributed by atoms with E-state index in [9.17, 15) is 0 Å². The molecule has 3 N–H and O–H groups in total. The Morgan fingerprint density at radius 3 is 3.09 bits per heavy atom. The van der Waals surface area contributed by atoms with Crippen LogP contribution in [-0.4, -0.2) is 23.1 Å². The first kappa shape index (κ1) is 8.23. The Labute approximate surface area is 65.8 Å². The minimum atomic E-state index is 0.548. The van der Waals surface area contributed by atoms with Crippen molar-refractivity contribution in [3.8, 4) is 0 Å². The molecule has 0 radical (unpaired) electrons. The minimum absolute atomic E-state index is 0.548. The fraction of sp³-hybridized carbons (Fsp3) is 0.571. The third kappa shape index (κ3) is 2.32. The standard InChI is InChI=1S/C7H13N3O/c1-6-7(10-5-9-6)4-11-3-2-8/h5H,2-4,8H2,1H3,(H,9,10). The maximum atomic E-state index is 5.25. The van der Waals surface area contributed by atoms with Crippen molar-refractivity contribution in [2.24, 2.45) is 5.73 Å². The molecule has 1 heterocycles. The summed E-state index contributed by atoms with van der Waals surface area (Å²) in [6, 6.07) is 0. The lowest BCUT2D eigenvalue weighted by atomic mass is 10.4. The molecular formula is C7H13N3O. The highest BCUT2D eigenvalue weighted by Gasteiger charge is 1.98. The number of aryl methyl sites for hydroxylation is 1. The van der Waals surface area contributed by atoms with Crippen LogP contribution in [0.3, 0.4) is 0 Å². The Bertz CT molecular complexity index is 209. The third-order valence-corrected chi connectivity index (χ3v) is 1.44. The number of nitrogens with zero attached hydrogens (tertiary/aromatic N) is 1. The summed E-state index contributed by atoms with van der Waals surface area (Å²) in [7, 11) is 0. The molecule has 0 fully saturated rings. The summed E-state index contributed by atoms with van der Waals surface area (Å²) in [5.74, 6) is 0. The summed E-state index contributed by atoms with van der Waals surface area (Å²) < 4.78 is 5.20. The third-order valence-electron chi connectivity index (χ3n) is 1.44. The molecule has 0 bridgehead atoms. The largest absolute Gasteiger partial charge is 0.374 e. The zero-order valence-corrected chi connectivity index (χ0v) is 6.63. The average molecular weight is 155 g/mol. The van der Waals surface area contributed by atoms with E-state index in [2.05, 4.69) is 9.97 Å². The molecular weight excluding hydrogens is 142 g/mol. The van der Waals surface area contributed by atoms with Gasteiger partial charge in [0.05, 0.1) is 25.2 Å². The molecule has 0 saturated heterocycles. The van der Waals surface area contributed by atoms with E-state index in [4.69, 9.17) is 10.5 Å². The summed E-state index contributed by atoms with van der Waals surface area (Å²) in [6.07, 6.45) is 1.66. The molecule has 1 rings (SSSR count). The van der Waals surface area contributed by atoms with Crippen LogP contribution in [0.15, 0.2) is 6.33 Å². The number of hydrogen-bond donors (Lipinski definition) is 2. The van der Waals surface area contributed by atoms with E-state index in [0.29, 0.717) is 19.8 Å². The highest BCUT2D eigenvalue weighted by Crippen LogP contribution is 2.01. The van der Waals surface area contributed by atoms with E-state index in [1.54, 1.807) is 6.33 Å². The van der Waals surface area contributed by atoms with E-state index in [-0.39, 0.29) is 0 Å². The number of ether oxygens (including phenoxy) is 1. The molecule has 0 unspecified atom stereocenters. The highest BCUT2D eigenvalue weighted by atomic mass is 16.5. The number of nitrogens with two attached hydrogens (primary N) is 1. The van der Waals surface area contributed by atoms with Crippen molar-refractivity contribution in [1.82, 2.24) is 9.97 Å². The summed E-state index contributed by atoms with van der Waals surface area (Å²) in [5.41, 5.74) is 7.27.